The van der Waals surface area contributed by atoms with Gasteiger partial charge in [-0.3, -0.25) is 4.79 Å². The van der Waals surface area contributed by atoms with Crippen LogP contribution in [0.1, 0.15) is 50.0 Å². The number of hydrogen-bond donors (Lipinski definition) is 1. The highest BCUT2D eigenvalue weighted by molar-refractivity contribution is 5.80. The summed E-state index contributed by atoms with van der Waals surface area (Å²) in [7, 11) is 1.32. The first kappa shape index (κ1) is 21.8. The molecule has 9 heteroatoms. The van der Waals surface area contributed by atoms with E-state index in [2.05, 4.69) is 14.8 Å². The molecule has 1 N–H and O–H groups in total. The number of halogens is 3. The fraction of sp³-hybridized carbons (Fsp3) is 0.636. The molecular weight excluding hydrogens is 413 g/mol. The largest absolute Gasteiger partial charge is 0.573 e. The standard InChI is InChI=1S/C22H27F3N2O4/c1-30-20(29)26-17-9-15(10-17)19(28)27-7-5-21(6-8-27)12-16(13-21)14-3-2-4-18(11-14)31-22(23,24)25/h2-4,11,15-17H,5-10,12-13H2,1H3,(H,26,29). The Balaban J connectivity index is 1.23. The second-order valence-electron chi connectivity index (χ2n) is 9.05. The maximum absolute atomic E-state index is 12.7. The molecule has 3 fully saturated rings. The lowest BCUT2D eigenvalue weighted by atomic mass is 9.56. The second kappa shape index (κ2) is 8.24. The monoisotopic (exact) mass is 440 g/mol. The van der Waals surface area contributed by atoms with E-state index in [-0.39, 0.29) is 34.9 Å². The average Bonchev–Trinajstić information content (AvgIpc) is 2.67. The van der Waals surface area contributed by atoms with Gasteiger partial charge in [-0.25, -0.2) is 4.79 Å². The molecule has 1 aliphatic heterocycles. The Morgan fingerprint density at radius 1 is 1.16 bits per heavy atom. The van der Waals surface area contributed by atoms with Crippen molar-refractivity contribution in [3.05, 3.63) is 29.8 Å². The van der Waals surface area contributed by atoms with Gasteiger partial charge in [0.25, 0.3) is 0 Å². The van der Waals surface area contributed by atoms with Gasteiger partial charge in [-0.05, 0) is 67.6 Å². The van der Waals surface area contributed by atoms with Crippen LogP contribution in [0.25, 0.3) is 0 Å². The first-order valence-electron chi connectivity index (χ1n) is 10.7. The van der Waals surface area contributed by atoms with Crippen molar-refractivity contribution in [2.75, 3.05) is 20.2 Å². The van der Waals surface area contributed by atoms with Gasteiger partial charge in [0, 0.05) is 25.0 Å². The molecule has 1 aromatic rings. The number of nitrogens with one attached hydrogen (secondary N) is 1. The van der Waals surface area contributed by atoms with E-state index in [1.807, 2.05) is 11.0 Å². The highest BCUT2D eigenvalue weighted by atomic mass is 19.4. The first-order valence-corrected chi connectivity index (χ1v) is 10.7. The lowest BCUT2D eigenvalue weighted by Gasteiger charge is -2.53. The first-order chi connectivity index (χ1) is 14.7. The summed E-state index contributed by atoms with van der Waals surface area (Å²) in [6.45, 7) is 1.43. The Kier molecular flexibility index (Phi) is 5.79. The van der Waals surface area contributed by atoms with E-state index in [4.69, 9.17) is 0 Å². The number of nitrogens with zero attached hydrogens (tertiary/aromatic N) is 1. The summed E-state index contributed by atoms with van der Waals surface area (Å²) in [5.41, 5.74) is 1.06. The zero-order valence-electron chi connectivity index (χ0n) is 17.4. The van der Waals surface area contributed by atoms with Crippen LogP contribution in [0.4, 0.5) is 18.0 Å². The predicted octanol–water partition coefficient (Wildman–Crippen LogP) is 4.21. The number of ether oxygens (including phenoxy) is 2. The van der Waals surface area contributed by atoms with Gasteiger partial charge < -0.3 is 19.7 Å². The van der Waals surface area contributed by atoms with Crippen molar-refractivity contribution >= 4 is 12.0 Å². The van der Waals surface area contributed by atoms with Gasteiger partial charge in [0.15, 0.2) is 0 Å². The molecule has 0 radical (unpaired) electrons. The number of amides is 2. The lowest BCUT2D eigenvalue weighted by molar-refractivity contribution is -0.274. The number of methoxy groups -OCH3 is 1. The van der Waals surface area contributed by atoms with Crippen LogP contribution >= 0.6 is 0 Å². The molecule has 1 heterocycles. The van der Waals surface area contributed by atoms with Crippen LogP contribution in [0.15, 0.2) is 24.3 Å². The highest BCUT2D eigenvalue weighted by Crippen LogP contribution is 2.57. The summed E-state index contributed by atoms with van der Waals surface area (Å²) in [6.07, 6.45) is -0.157. The molecule has 170 valence electrons. The summed E-state index contributed by atoms with van der Waals surface area (Å²) in [6, 6.07) is 6.26. The van der Waals surface area contributed by atoms with Crippen molar-refractivity contribution in [1.82, 2.24) is 10.2 Å². The molecule has 3 aliphatic rings. The third-order valence-corrected chi connectivity index (χ3v) is 7.05. The van der Waals surface area contributed by atoms with E-state index < -0.39 is 12.5 Å². The van der Waals surface area contributed by atoms with Gasteiger partial charge in [-0.1, -0.05) is 12.1 Å². The number of benzene rings is 1. The maximum Gasteiger partial charge on any atom is 0.573 e. The van der Waals surface area contributed by atoms with Crippen molar-refractivity contribution in [2.45, 2.75) is 56.8 Å². The summed E-state index contributed by atoms with van der Waals surface area (Å²) >= 11 is 0. The van der Waals surface area contributed by atoms with Crippen LogP contribution in [0.2, 0.25) is 0 Å². The lowest BCUT2D eigenvalue weighted by Crippen LogP contribution is -2.53. The zero-order valence-corrected chi connectivity index (χ0v) is 17.4. The number of carbonyl (C=O) groups is 2. The van der Waals surface area contributed by atoms with Crippen molar-refractivity contribution in [3.8, 4) is 5.75 Å². The maximum atomic E-state index is 12.7. The van der Waals surface area contributed by atoms with Gasteiger partial charge in [0.2, 0.25) is 5.91 Å². The second-order valence-corrected chi connectivity index (χ2v) is 9.05. The number of hydrogen-bond acceptors (Lipinski definition) is 4. The van der Waals surface area contributed by atoms with E-state index in [1.165, 1.54) is 19.2 Å². The van der Waals surface area contributed by atoms with Crippen LogP contribution in [-0.4, -0.2) is 49.5 Å². The minimum Gasteiger partial charge on any atom is -0.453 e. The molecule has 1 aromatic carbocycles. The average molecular weight is 440 g/mol. The van der Waals surface area contributed by atoms with Crippen LogP contribution < -0.4 is 10.1 Å². The molecule has 2 amide bonds. The van der Waals surface area contributed by atoms with Crippen molar-refractivity contribution in [2.24, 2.45) is 11.3 Å². The summed E-state index contributed by atoms with van der Waals surface area (Å²) < 4.78 is 46.0. The Bertz CT molecular complexity index is 822. The fourth-order valence-electron chi connectivity index (χ4n) is 5.22. The van der Waals surface area contributed by atoms with E-state index in [0.29, 0.717) is 25.9 Å². The molecule has 2 aliphatic carbocycles. The molecule has 0 unspecified atom stereocenters. The number of rotatable bonds is 4. The van der Waals surface area contributed by atoms with Crippen LogP contribution in [0.5, 0.6) is 5.75 Å². The molecule has 2 saturated carbocycles. The molecule has 0 bridgehead atoms. The molecule has 4 rings (SSSR count). The van der Waals surface area contributed by atoms with Crippen molar-refractivity contribution in [1.29, 1.82) is 0 Å². The number of alkyl carbamates (subject to hydrolysis) is 1. The fourth-order valence-corrected chi connectivity index (χ4v) is 5.22. The van der Waals surface area contributed by atoms with Crippen molar-refractivity contribution < 1.29 is 32.2 Å². The minimum absolute atomic E-state index is 0.00186. The Morgan fingerprint density at radius 2 is 1.84 bits per heavy atom. The Labute approximate surface area is 179 Å². The SMILES string of the molecule is COC(=O)NC1CC(C(=O)N2CCC3(CC2)CC(c2cccc(OC(F)(F)F)c2)C3)C1. The molecule has 0 aromatic heterocycles. The summed E-state index contributed by atoms with van der Waals surface area (Å²) in [4.78, 5) is 25.9. The third kappa shape index (κ3) is 4.91. The molecule has 31 heavy (non-hydrogen) atoms. The molecular formula is C22H27F3N2O4. The molecule has 1 saturated heterocycles. The van der Waals surface area contributed by atoms with Gasteiger partial charge in [0.1, 0.15) is 5.75 Å². The summed E-state index contributed by atoms with van der Waals surface area (Å²) in [5, 5.41) is 2.72. The molecule has 1 spiro atoms. The van der Waals surface area contributed by atoms with Crippen molar-refractivity contribution in [3.63, 3.8) is 0 Å². The van der Waals surface area contributed by atoms with Crippen LogP contribution in [0, 0.1) is 11.3 Å². The quantitative estimate of drug-likeness (QED) is 0.762. The third-order valence-electron chi connectivity index (χ3n) is 7.05. The van der Waals surface area contributed by atoms with E-state index >= 15 is 0 Å². The van der Waals surface area contributed by atoms with E-state index in [1.54, 1.807) is 6.07 Å². The highest BCUT2D eigenvalue weighted by Gasteiger charge is 2.48. The summed E-state index contributed by atoms with van der Waals surface area (Å²) in [5.74, 6) is 0.176. The zero-order chi connectivity index (χ0) is 22.2. The van der Waals surface area contributed by atoms with E-state index in [0.717, 1.165) is 31.2 Å². The van der Waals surface area contributed by atoms with Gasteiger partial charge >= 0.3 is 12.5 Å². The van der Waals surface area contributed by atoms with Gasteiger partial charge in [-0.2, -0.15) is 0 Å². The predicted molar refractivity (Wildman–Crippen MR) is 105 cm³/mol. The Hall–Kier alpha value is -2.45. The number of piperidine rings is 1. The number of carbonyl (C=O) groups excluding carboxylic acids is 2. The molecule has 0 atom stereocenters. The minimum atomic E-state index is -4.69. The van der Waals surface area contributed by atoms with E-state index in [9.17, 15) is 22.8 Å². The topological polar surface area (TPSA) is 67.9 Å². The number of likely N-dealkylation sites (tertiary alicyclic amines) is 1. The normalized spacial score (nSPS) is 25.4. The van der Waals surface area contributed by atoms with Crippen LogP contribution in [0.3, 0.4) is 0 Å². The Morgan fingerprint density at radius 3 is 2.45 bits per heavy atom. The van der Waals surface area contributed by atoms with Gasteiger partial charge in [-0.15, -0.1) is 13.2 Å². The van der Waals surface area contributed by atoms with Crippen LogP contribution in [-0.2, 0) is 9.53 Å². The number of alkyl halides is 3. The smallest absolute Gasteiger partial charge is 0.453 e. The molecule has 6 nitrogen and oxygen atoms in total. The van der Waals surface area contributed by atoms with Gasteiger partial charge in [0.05, 0.1) is 7.11 Å².